The van der Waals surface area contributed by atoms with E-state index in [1.807, 2.05) is 28.9 Å². The van der Waals surface area contributed by atoms with Crippen LogP contribution in [-0.2, 0) is 0 Å². The van der Waals surface area contributed by atoms with Crippen LogP contribution >= 0.6 is 11.8 Å². The predicted molar refractivity (Wildman–Crippen MR) is 85.3 cm³/mol. The molecule has 0 fully saturated rings. The van der Waals surface area contributed by atoms with Crippen molar-refractivity contribution < 1.29 is 4.74 Å². The smallest absolute Gasteiger partial charge is 0.210 e. The van der Waals surface area contributed by atoms with Crippen LogP contribution in [-0.4, -0.2) is 33.8 Å². The molecule has 112 valence electrons. The van der Waals surface area contributed by atoms with Gasteiger partial charge in [0.25, 0.3) is 0 Å². The maximum atomic E-state index is 5.29. The zero-order valence-corrected chi connectivity index (χ0v) is 13.6. The molecule has 1 N–H and O–H groups in total. The zero-order valence-electron chi connectivity index (χ0n) is 12.8. The molecule has 6 heteroatoms. The molecule has 0 spiro atoms. The molecule has 0 saturated heterocycles. The number of rotatable bonds is 2. The van der Waals surface area contributed by atoms with Crippen LogP contribution in [0.5, 0.6) is 5.75 Å². The van der Waals surface area contributed by atoms with Crippen LogP contribution in [0, 0.1) is 5.41 Å². The summed E-state index contributed by atoms with van der Waals surface area (Å²) in [6.45, 7) is 6.73. The van der Waals surface area contributed by atoms with Gasteiger partial charge in [-0.2, -0.15) is 0 Å². The van der Waals surface area contributed by atoms with E-state index in [-0.39, 0.29) is 5.41 Å². The number of methoxy groups -OCH3 is 1. The van der Waals surface area contributed by atoms with Gasteiger partial charge < -0.3 is 10.2 Å². The maximum Gasteiger partial charge on any atom is 0.210 e. The summed E-state index contributed by atoms with van der Waals surface area (Å²) in [4.78, 5) is 0. The van der Waals surface area contributed by atoms with Gasteiger partial charge in [-0.05, 0) is 17.5 Å². The number of aromatic nitrogens is 3. The molecule has 0 radical (unpaired) electrons. The van der Waals surface area contributed by atoms with Crippen molar-refractivity contribution in [2.75, 3.05) is 18.3 Å². The first-order chi connectivity index (χ1) is 9.99. The average molecular weight is 304 g/mol. The van der Waals surface area contributed by atoms with Crippen molar-refractivity contribution >= 4 is 11.8 Å². The van der Waals surface area contributed by atoms with Crippen molar-refractivity contribution in [3.05, 3.63) is 24.3 Å². The van der Waals surface area contributed by atoms with Gasteiger partial charge in [-0.1, -0.05) is 44.7 Å². The highest BCUT2D eigenvalue weighted by Crippen LogP contribution is 2.33. The van der Waals surface area contributed by atoms with E-state index in [1.54, 1.807) is 18.9 Å². The van der Waals surface area contributed by atoms with Crippen LogP contribution in [0.15, 0.2) is 29.4 Å². The molecular formula is C15H20N4OS. The van der Waals surface area contributed by atoms with E-state index >= 15 is 0 Å². The minimum absolute atomic E-state index is 0.181. The summed E-state index contributed by atoms with van der Waals surface area (Å²) < 4.78 is 7.29. The number of thioether (sulfide) groups is 1. The fourth-order valence-electron chi connectivity index (χ4n) is 2.22. The maximum absolute atomic E-state index is 5.29. The van der Waals surface area contributed by atoms with Crippen molar-refractivity contribution in [2.45, 2.75) is 32.0 Å². The molecule has 1 aromatic heterocycles. The van der Waals surface area contributed by atoms with E-state index in [0.717, 1.165) is 28.0 Å². The first-order valence-corrected chi connectivity index (χ1v) is 7.97. The van der Waals surface area contributed by atoms with Crippen molar-refractivity contribution in [2.24, 2.45) is 5.41 Å². The van der Waals surface area contributed by atoms with E-state index in [4.69, 9.17) is 4.74 Å². The lowest BCUT2D eigenvalue weighted by atomic mass is 9.88. The van der Waals surface area contributed by atoms with E-state index in [0.29, 0.717) is 6.04 Å². The molecule has 21 heavy (non-hydrogen) atoms. The Morgan fingerprint density at radius 2 is 2.14 bits per heavy atom. The first-order valence-electron chi connectivity index (χ1n) is 6.98. The third-order valence-corrected chi connectivity index (χ3v) is 4.69. The van der Waals surface area contributed by atoms with Crippen LogP contribution < -0.4 is 10.2 Å². The topological polar surface area (TPSA) is 52.0 Å². The Bertz CT molecular complexity index is 647. The van der Waals surface area contributed by atoms with Gasteiger partial charge in [0, 0.05) is 11.3 Å². The molecule has 0 saturated carbocycles. The Kier molecular flexibility index (Phi) is 3.57. The Morgan fingerprint density at radius 3 is 2.86 bits per heavy atom. The van der Waals surface area contributed by atoms with Crippen molar-refractivity contribution in [3.63, 3.8) is 0 Å². The van der Waals surface area contributed by atoms with E-state index in [1.165, 1.54) is 0 Å². The second-order valence-electron chi connectivity index (χ2n) is 6.23. The fraction of sp³-hybridized carbons (Fsp3) is 0.467. The van der Waals surface area contributed by atoms with Crippen molar-refractivity contribution in [1.29, 1.82) is 0 Å². The van der Waals surface area contributed by atoms with Gasteiger partial charge >= 0.3 is 0 Å². The number of nitrogens with one attached hydrogen (secondary N) is 1. The zero-order chi connectivity index (χ0) is 15.0. The van der Waals surface area contributed by atoms with Gasteiger partial charge in [-0.25, -0.2) is 4.68 Å². The standard InChI is InChI=1S/C15H20N4OS/c1-15(2,3)12-9-21-14-17-16-13(19(14)18-12)10-6-5-7-11(8-10)20-4/h5-8,12,18H,9H2,1-4H3. The third kappa shape index (κ3) is 2.72. The van der Waals surface area contributed by atoms with Crippen LogP contribution in [0.2, 0.25) is 0 Å². The second-order valence-corrected chi connectivity index (χ2v) is 7.22. The lowest BCUT2D eigenvalue weighted by Gasteiger charge is -2.35. The molecule has 1 atom stereocenters. The highest BCUT2D eigenvalue weighted by Gasteiger charge is 2.31. The summed E-state index contributed by atoms with van der Waals surface area (Å²) in [6, 6.07) is 8.26. The molecule has 1 aliphatic heterocycles. The summed E-state index contributed by atoms with van der Waals surface area (Å²) in [5, 5.41) is 9.52. The van der Waals surface area contributed by atoms with Gasteiger partial charge in [-0.3, -0.25) is 0 Å². The second kappa shape index (κ2) is 5.26. The largest absolute Gasteiger partial charge is 0.497 e. The molecule has 1 unspecified atom stereocenters. The average Bonchev–Trinajstić information content (AvgIpc) is 2.89. The van der Waals surface area contributed by atoms with E-state index < -0.39 is 0 Å². The minimum Gasteiger partial charge on any atom is -0.497 e. The minimum atomic E-state index is 0.181. The number of benzene rings is 1. The highest BCUT2D eigenvalue weighted by molar-refractivity contribution is 7.99. The monoisotopic (exact) mass is 304 g/mol. The van der Waals surface area contributed by atoms with E-state index in [9.17, 15) is 0 Å². The SMILES string of the molecule is COc1cccc(-c2nnc3n2NC(C(C)(C)C)CS3)c1. The number of hydrogen-bond donors (Lipinski definition) is 1. The number of fused-ring (bicyclic) bond motifs is 1. The number of ether oxygens (including phenoxy) is 1. The van der Waals surface area contributed by atoms with Gasteiger partial charge in [0.05, 0.1) is 13.2 Å². The summed E-state index contributed by atoms with van der Waals surface area (Å²) in [6.07, 6.45) is 0. The van der Waals surface area contributed by atoms with Crippen molar-refractivity contribution in [1.82, 2.24) is 14.9 Å². The van der Waals surface area contributed by atoms with Crippen LogP contribution in [0.4, 0.5) is 0 Å². The molecule has 0 aliphatic carbocycles. The fourth-order valence-corrected chi connectivity index (χ4v) is 3.48. The number of hydrogen-bond acceptors (Lipinski definition) is 5. The lowest BCUT2D eigenvalue weighted by Crippen LogP contribution is -2.43. The Balaban J connectivity index is 1.98. The van der Waals surface area contributed by atoms with Crippen LogP contribution in [0.25, 0.3) is 11.4 Å². The summed E-state index contributed by atoms with van der Waals surface area (Å²) in [5.74, 6) is 2.64. The van der Waals surface area contributed by atoms with Gasteiger partial charge in [0.15, 0.2) is 5.82 Å². The molecule has 1 aromatic carbocycles. The Hall–Kier alpha value is -1.69. The molecule has 0 bridgehead atoms. The molecular weight excluding hydrogens is 284 g/mol. The first kappa shape index (κ1) is 14.3. The van der Waals surface area contributed by atoms with Crippen LogP contribution in [0.1, 0.15) is 20.8 Å². The quantitative estimate of drug-likeness (QED) is 0.924. The Labute approximate surface area is 129 Å². The lowest BCUT2D eigenvalue weighted by molar-refractivity contribution is 0.337. The van der Waals surface area contributed by atoms with Crippen molar-refractivity contribution in [3.8, 4) is 17.1 Å². The molecule has 0 amide bonds. The molecule has 3 rings (SSSR count). The van der Waals surface area contributed by atoms with Gasteiger partial charge in [-0.15, -0.1) is 10.2 Å². The molecule has 2 heterocycles. The normalized spacial score (nSPS) is 18.0. The Morgan fingerprint density at radius 1 is 1.33 bits per heavy atom. The third-order valence-electron chi connectivity index (χ3n) is 3.67. The summed E-state index contributed by atoms with van der Waals surface area (Å²) >= 11 is 1.74. The summed E-state index contributed by atoms with van der Waals surface area (Å²) in [5.41, 5.74) is 4.73. The summed E-state index contributed by atoms with van der Waals surface area (Å²) in [7, 11) is 1.67. The molecule has 5 nitrogen and oxygen atoms in total. The van der Waals surface area contributed by atoms with Crippen LogP contribution in [0.3, 0.4) is 0 Å². The van der Waals surface area contributed by atoms with E-state index in [2.05, 4.69) is 36.4 Å². The highest BCUT2D eigenvalue weighted by atomic mass is 32.2. The molecule has 2 aromatic rings. The number of nitrogens with zero attached hydrogens (tertiary/aromatic N) is 3. The predicted octanol–water partition coefficient (Wildman–Crippen LogP) is 3.02. The van der Waals surface area contributed by atoms with Gasteiger partial charge in [0.2, 0.25) is 5.16 Å². The van der Waals surface area contributed by atoms with Gasteiger partial charge in [0.1, 0.15) is 5.75 Å². The molecule has 1 aliphatic rings.